The molecule has 202 valence electrons. The second kappa shape index (κ2) is 11.7. The normalized spacial score (nSPS) is 18.5. The van der Waals surface area contributed by atoms with Crippen LogP contribution in [0.2, 0.25) is 0 Å². The van der Waals surface area contributed by atoms with Gasteiger partial charge in [0.2, 0.25) is 10.0 Å². The molecule has 0 amide bonds. The maximum atomic E-state index is 14.2. The zero-order chi connectivity index (χ0) is 27.4. The number of sulfonamides is 1. The fourth-order valence-corrected chi connectivity index (χ4v) is 6.12. The van der Waals surface area contributed by atoms with E-state index < -0.39 is 33.9 Å². The van der Waals surface area contributed by atoms with Gasteiger partial charge in [-0.3, -0.25) is 0 Å². The van der Waals surface area contributed by atoms with E-state index in [1.807, 2.05) is 6.92 Å². The van der Waals surface area contributed by atoms with E-state index in [4.69, 9.17) is 9.47 Å². The van der Waals surface area contributed by atoms with Crippen LogP contribution in [0.4, 0.5) is 13.2 Å². The number of carbonyl (C=O) groups is 1. The maximum Gasteiger partial charge on any atom is 0.432 e. The largest absolute Gasteiger partial charge is 0.454 e. The molecule has 0 aliphatic heterocycles. The highest BCUT2D eigenvalue weighted by atomic mass is 79.9. The van der Waals surface area contributed by atoms with Crippen LogP contribution in [0.15, 0.2) is 69.5 Å². The minimum absolute atomic E-state index is 0.149. The number of rotatable bonds is 9. The lowest BCUT2D eigenvalue weighted by Gasteiger charge is -2.35. The third-order valence-electron chi connectivity index (χ3n) is 6.45. The first kappa shape index (κ1) is 29.3. The maximum absolute atomic E-state index is 14.2. The molecule has 1 aliphatic carbocycles. The van der Waals surface area contributed by atoms with E-state index in [1.165, 1.54) is 41.7 Å². The lowest BCUT2D eigenvalue weighted by molar-refractivity contribution is -0.277. The fourth-order valence-electron chi connectivity index (χ4n) is 4.23. The van der Waals surface area contributed by atoms with Gasteiger partial charge in [0, 0.05) is 30.7 Å². The molecule has 37 heavy (non-hydrogen) atoms. The number of halogens is 4. The predicted octanol–water partition coefficient (Wildman–Crippen LogP) is 5.85. The lowest BCUT2D eigenvalue weighted by atomic mass is 9.91. The van der Waals surface area contributed by atoms with E-state index in [2.05, 4.69) is 15.9 Å². The van der Waals surface area contributed by atoms with Crippen LogP contribution in [0.25, 0.3) is 0 Å². The molecule has 0 saturated heterocycles. The molecule has 0 heterocycles. The number of hydrogen-bond acceptors (Lipinski definition) is 5. The van der Waals surface area contributed by atoms with Crippen LogP contribution in [0, 0.1) is 6.92 Å². The zero-order valence-electron chi connectivity index (χ0n) is 20.7. The van der Waals surface area contributed by atoms with Gasteiger partial charge in [-0.2, -0.15) is 13.2 Å². The molecule has 3 rings (SSSR count). The standard InChI is InChI=1S/C26H29BrF3NO5S/c1-18-12-14-21(15-13-18)37(33,34)31(2)17-16-19-8-7-11-22(23(19)27)36-24(32)25(35-3,26(28,29)30)20-9-5-4-6-10-20/h4-6,9-10,12-15,22H,7-8,11,16-17H2,1-3H3/t22-,25+/m1/s1. The summed E-state index contributed by atoms with van der Waals surface area (Å²) in [6.07, 6.45) is -4.21. The highest BCUT2D eigenvalue weighted by Gasteiger charge is 2.64. The van der Waals surface area contributed by atoms with Crippen LogP contribution < -0.4 is 0 Å². The molecule has 0 unspecified atom stereocenters. The van der Waals surface area contributed by atoms with Crippen molar-refractivity contribution in [3.05, 3.63) is 75.8 Å². The summed E-state index contributed by atoms with van der Waals surface area (Å²) in [6.45, 7) is 2.01. The first-order valence-electron chi connectivity index (χ1n) is 11.6. The van der Waals surface area contributed by atoms with Crippen LogP contribution in [0.3, 0.4) is 0 Å². The Kier molecular flexibility index (Phi) is 9.26. The molecule has 0 fully saturated rings. The Morgan fingerprint density at radius 2 is 1.73 bits per heavy atom. The minimum atomic E-state index is -5.07. The zero-order valence-corrected chi connectivity index (χ0v) is 23.1. The molecule has 11 heteroatoms. The monoisotopic (exact) mass is 603 g/mol. The van der Waals surface area contributed by atoms with Gasteiger partial charge in [0.1, 0.15) is 6.10 Å². The number of esters is 1. The highest BCUT2D eigenvalue weighted by molar-refractivity contribution is 9.11. The van der Waals surface area contributed by atoms with Gasteiger partial charge in [0.15, 0.2) is 0 Å². The smallest absolute Gasteiger partial charge is 0.432 e. The summed E-state index contributed by atoms with van der Waals surface area (Å²) in [7, 11) is -1.41. The topological polar surface area (TPSA) is 72.9 Å². The van der Waals surface area contributed by atoms with Gasteiger partial charge in [0.05, 0.1) is 4.90 Å². The Labute approximate surface area is 223 Å². The Hall–Kier alpha value is -2.21. The van der Waals surface area contributed by atoms with Crippen molar-refractivity contribution < 1.29 is 35.9 Å². The van der Waals surface area contributed by atoms with Crippen molar-refractivity contribution in [2.75, 3.05) is 20.7 Å². The Balaban J connectivity index is 1.78. The number of nitrogens with zero attached hydrogens (tertiary/aromatic N) is 1. The van der Waals surface area contributed by atoms with Crippen LogP contribution in [-0.2, 0) is 29.9 Å². The van der Waals surface area contributed by atoms with Crippen LogP contribution >= 0.6 is 15.9 Å². The number of hydrogen-bond donors (Lipinski definition) is 0. The molecule has 2 aromatic carbocycles. The van der Waals surface area contributed by atoms with Gasteiger partial charge in [-0.25, -0.2) is 17.5 Å². The molecule has 0 N–H and O–H groups in total. The molecule has 0 aromatic heterocycles. The number of benzene rings is 2. The molecule has 1 aliphatic rings. The van der Waals surface area contributed by atoms with Gasteiger partial charge >= 0.3 is 12.1 Å². The van der Waals surface area contributed by atoms with Crippen molar-refractivity contribution in [2.24, 2.45) is 0 Å². The quantitative estimate of drug-likeness (QED) is 0.336. The summed E-state index contributed by atoms with van der Waals surface area (Å²) >= 11 is 3.41. The fraction of sp³-hybridized carbons (Fsp3) is 0.423. The van der Waals surface area contributed by atoms with E-state index in [9.17, 15) is 26.4 Å². The van der Waals surface area contributed by atoms with E-state index >= 15 is 0 Å². The van der Waals surface area contributed by atoms with Crippen molar-refractivity contribution in [1.82, 2.24) is 4.31 Å². The molecule has 2 aromatic rings. The summed E-state index contributed by atoms with van der Waals surface area (Å²) in [5.74, 6) is -1.56. The highest BCUT2D eigenvalue weighted by Crippen LogP contribution is 2.44. The molecule has 0 spiro atoms. The molecule has 0 bridgehead atoms. The lowest BCUT2D eigenvalue weighted by Crippen LogP contribution is -2.52. The molecule has 2 atom stereocenters. The summed E-state index contributed by atoms with van der Waals surface area (Å²) in [6, 6.07) is 13.2. The Morgan fingerprint density at radius 3 is 2.30 bits per heavy atom. The van der Waals surface area contributed by atoms with Crippen molar-refractivity contribution in [2.45, 2.75) is 55.4 Å². The van der Waals surface area contributed by atoms with E-state index in [0.717, 1.165) is 18.2 Å². The average Bonchev–Trinajstić information content (AvgIpc) is 2.85. The first-order valence-corrected chi connectivity index (χ1v) is 13.9. The molecular weight excluding hydrogens is 575 g/mol. The van der Waals surface area contributed by atoms with Crippen molar-refractivity contribution >= 4 is 31.9 Å². The van der Waals surface area contributed by atoms with Gasteiger partial charge in [0.25, 0.3) is 5.60 Å². The van der Waals surface area contributed by atoms with E-state index in [0.29, 0.717) is 30.2 Å². The Bertz CT molecular complexity index is 1230. The molecule has 0 radical (unpaired) electrons. The predicted molar refractivity (Wildman–Crippen MR) is 136 cm³/mol. The second-order valence-electron chi connectivity index (χ2n) is 8.88. The third-order valence-corrected chi connectivity index (χ3v) is 9.39. The van der Waals surface area contributed by atoms with Crippen molar-refractivity contribution in [3.8, 4) is 0 Å². The second-order valence-corrected chi connectivity index (χ2v) is 11.8. The van der Waals surface area contributed by atoms with Gasteiger partial charge in [-0.05, 0) is 44.7 Å². The van der Waals surface area contributed by atoms with Crippen LogP contribution in [0.5, 0.6) is 0 Å². The number of alkyl halides is 3. The van der Waals surface area contributed by atoms with E-state index in [-0.39, 0.29) is 17.0 Å². The minimum Gasteiger partial charge on any atom is -0.454 e. The Morgan fingerprint density at radius 1 is 1.11 bits per heavy atom. The number of carbonyl (C=O) groups excluding carboxylic acids is 1. The third kappa shape index (κ3) is 6.10. The SMILES string of the molecule is CO[C@](C(=O)O[C@@H]1CCCC(CCN(C)S(=O)(=O)c2ccc(C)cc2)=C1Br)(c1ccccc1)C(F)(F)F. The number of aryl methyl sites for hydroxylation is 1. The molecule has 0 saturated carbocycles. The summed E-state index contributed by atoms with van der Waals surface area (Å²) < 4.78 is 80.3. The van der Waals surface area contributed by atoms with E-state index in [1.54, 1.807) is 24.3 Å². The van der Waals surface area contributed by atoms with Gasteiger partial charge in [-0.1, -0.05) is 69.5 Å². The first-order chi connectivity index (χ1) is 17.3. The summed E-state index contributed by atoms with van der Waals surface area (Å²) in [5.41, 5.74) is -1.94. The average molecular weight is 604 g/mol. The van der Waals surface area contributed by atoms with Gasteiger partial charge < -0.3 is 9.47 Å². The molecular formula is C26H29BrF3NO5S. The summed E-state index contributed by atoms with van der Waals surface area (Å²) in [5, 5.41) is 0. The van der Waals surface area contributed by atoms with Crippen molar-refractivity contribution in [1.29, 1.82) is 0 Å². The van der Waals surface area contributed by atoms with Crippen LogP contribution in [-0.4, -0.2) is 51.7 Å². The van der Waals surface area contributed by atoms with Crippen molar-refractivity contribution in [3.63, 3.8) is 0 Å². The van der Waals surface area contributed by atoms with Crippen LogP contribution in [0.1, 0.15) is 36.8 Å². The molecule has 6 nitrogen and oxygen atoms in total. The summed E-state index contributed by atoms with van der Waals surface area (Å²) in [4.78, 5) is 13.2. The number of methoxy groups -OCH3 is 1. The number of ether oxygens (including phenoxy) is 2. The van der Waals surface area contributed by atoms with Gasteiger partial charge in [-0.15, -0.1) is 0 Å².